The summed E-state index contributed by atoms with van der Waals surface area (Å²) in [7, 11) is 0. The molecule has 1 aromatic rings. The highest BCUT2D eigenvalue weighted by Crippen LogP contribution is 1.99. The standard InChI is InChI=1S/C7H9N5O2/c8-11-6(13)4-1-2-5(10-3-4)7(14)12-9/h1-3H,8-9H2,(H,11,13)(H,12,14). The Hall–Kier alpha value is -1.99. The van der Waals surface area contributed by atoms with Gasteiger partial charge in [-0.3, -0.25) is 25.4 Å². The molecule has 0 atom stereocenters. The Labute approximate surface area is 79.4 Å². The van der Waals surface area contributed by atoms with Gasteiger partial charge in [-0.15, -0.1) is 0 Å². The number of nitrogens with one attached hydrogen (secondary N) is 2. The Kier molecular flexibility index (Phi) is 3.10. The molecular formula is C7H9N5O2. The molecule has 1 aromatic heterocycles. The summed E-state index contributed by atoms with van der Waals surface area (Å²) in [6.45, 7) is 0. The molecule has 7 heteroatoms. The minimum absolute atomic E-state index is 0.126. The van der Waals surface area contributed by atoms with E-state index in [0.29, 0.717) is 0 Å². The highest BCUT2D eigenvalue weighted by molar-refractivity contribution is 5.95. The quantitative estimate of drug-likeness (QED) is 0.254. The third-order valence-electron chi connectivity index (χ3n) is 1.52. The van der Waals surface area contributed by atoms with E-state index in [1.807, 2.05) is 10.9 Å². The van der Waals surface area contributed by atoms with Crippen LogP contribution in [0, 0.1) is 0 Å². The maximum atomic E-state index is 11.0. The monoisotopic (exact) mass is 195 g/mol. The molecule has 0 aliphatic rings. The fourth-order valence-electron chi connectivity index (χ4n) is 0.820. The Morgan fingerprint density at radius 1 is 1.14 bits per heavy atom. The average molecular weight is 195 g/mol. The number of nitrogens with zero attached hydrogens (tertiary/aromatic N) is 1. The van der Waals surface area contributed by atoms with Crippen molar-refractivity contribution in [1.82, 2.24) is 15.8 Å². The molecule has 0 saturated heterocycles. The van der Waals surface area contributed by atoms with E-state index in [-0.39, 0.29) is 11.3 Å². The average Bonchev–Trinajstić information content (AvgIpc) is 2.27. The van der Waals surface area contributed by atoms with Gasteiger partial charge in [0.15, 0.2) is 0 Å². The highest BCUT2D eigenvalue weighted by Gasteiger charge is 2.07. The van der Waals surface area contributed by atoms with Crippen LogP contribution in [-0.2, 0) is 0 Å². The first-order chi connectivity index (χ1) is 6.69. The lowest BCUT2D eigenvalue weighted by molar-refractivity contribution is 0.0938. The number of carbonyl (C=O) groups excluding carboxylic acids is 2. The van der Waals surface area contributed by atoms with Gasteiger partial charge in [0, 0.05) is 6.20 Å². The third-order valence-corrected chi connectivity index (χ3v) is 1.52. The summed E-state index contributed by atoms with van der Waals surface area (Å²) in [4.78, 5) is 25.6. The van der Waals surface area contributed by atoms with E-state index in [1.165, 1.54) is 18.3 Å². The number of amides is 2. The van der Waals surface area contributed by atoms with Crippen LogP contribution in [0.4, 0.5) is 0 Å². The van der Waals surface area contributed by atoms with Crippen LogP contribution in [0.5, 0.6) is 0 Å². The molecular weight excluding hydrogens is 186 g/mol. The Morgan fingerprint density at radius 3 is 2.21 bits per heavy atom. The van der Waals surface area contributed by atoms with E-state index in [9.17, 15) is 9.59 Å². The molecule has 7 nitrogen and oxygen atoms in total. The van der Waals surface area contributed by atoms with Gasteiger partial charge in [-0.05, 0) is 12.1 Å². The zero-order valence-corrected chi connectivity index (χ0v) is 7.15. The van der Waals surface area contributed by atoms with Crippen LogP contribution in [0.25, 0.3) is 0 Å². The molecule has 0 spiro atoms. The molecule has 0 saturated carbocycles. The molecule has 0 fully saturated rings. The zero-order chi connectivity index (χ0) is 10.6. The second-order valence-corrected chi connectivity index (χ2v) is 2.38. The van der Waals surface area contributed by atoms with Crippen LogP contribution >= 0.6 is 0 Å². The van der Waals surface area contributed by atoms with Crippen molar-refractivity contribution in [2.24, 2.45) is 11.7 Å². The number of hydrogen-bond donors (Lipinski definition) is 4. The predicted octanol–water partition coefficient (Wildman–Crippen LogP) is -1.71. The van der Waals surface area contributed by atoms with E-state index >= 15 is 0 Å². The maximum Gasteiger partial charge on any atom is 0.283 e. The van der Waals surface area contributed by atoms with Gasteiger partial charge >= 0.3 is 0 Å². The zero-order valence-electron chi connectivity index (χ0n) is 7.15. The van der Waals surface area contributed by atoms with Gasteiger partial charge < -0.3 is 0 Å². The Bertz CT molecular complexity index is 313. The van der Waals surface area contributed by atoms with Crippen LogP contribution < -0.4 is 22.5 Å². The van der Waals surface area contributed by atoms with Crippen molar-refractivity contribution < 1.29 is 9.59 Å². The maximum absolute atomic E-state index is 11.0. The normalized spacial score (nSPS) is 9.29. The molecule has 0 aliphatic carbocycles. The molecule has 74 valence electrons. The topological polar surface area (TPSA) is 123 Å². The molecule has 0 aromatic carbocycles. The number of aromatic nitrogens is 1. The van der Waals surface area contributed by atoms with Crippen molar-refractivity contribution in [3.8, 4) is 0 Å². The molecule has 1 heterocycles. The van der Waals surface area contributed by atoms with Crippen molar-refractivity contribution in [1.29, 1.82) is 0 Å². The molecule has 2 amide bonds. The highest BCUT2D eigenvalue weighted by atomic mass is 16.2. The Morgan fingerprint density at radius 2 is 1.79 bits per heavy atom. The first-order valence-electron chi connectivity index (χ1n) is 3.67. The first kappa shape index (κ1) is 10.1. The van der Waals surface area contributed by atoms with Gasteiger partial charge in [0.1, 0.15) is 5.69 Å². The predicted molar refractivity (Wildman–Crippen MR) is 47.5 cm³/mol. The lowest BCUT2D eigenvalue weighted by atomic mass is 10.2. The second kappa shape index (κ2) is 4.30. The lowest BCUT2D eigenvalue weighted by Gasteiger charge is -2.00. The van der Waals surface area contributed by atoms with Crippen LogP contribution in [0.1, 0.15) is 20.8 Å². The summed E-state index contributed by atoms with van der Waals surface area (Å²) in [5, 5.41) is 0. The fraction of sp³-hybridized carbons (Fsp3) is 0. The van der Waals surface area contributed by atoms with Crippen LogP contribution in [-0.4, -0.2) is 16.8 Å². The molecule has 0 aliphatic heterocycles. The number of hydrazine groups is 2. The van der Waals surface area contributed by atoms with Crippen molar-refractivity contribution in [2.45, 2.75) is 0 Å². The van der Waals surface area contributed by atoms with Gasteiger partial charge in [0.2, 0.25) is 0 Å². The van der Waals surface area contributed by atoms with Crippen LogP contribution in [0.15, 0.2) is 18.3 Å². The van der Waals surface area contributed by atoms with E-state index in [0.717, 1.165) is 0 Å². The number of hydrogen-bond acceptors (Lipinski definition) is 5. The molecule has 0 radical (unpaired) electrons. The SMILES string of the molecule is NNC(=O)c1ccc(C(=O)NN)nc1. The minimum Gasteiger partial charge on any atom is -0.290 e. The Balaban J connectivity index is 2.89. The third kappa shape index (κ3) is 2.03. The molecule has 14 heavy (non-hydrogen) atoms. The summed E-state index contributed by atoms with van der Waals surface area (Å²) in [6, 6.07) is 2.78. The van der Waals surface area contributed by atoms with E-state index in [1.54, 1.807) is 0 Å². The van der Waals surface area contributed by atoms with E-state index < -0.39 is 11.8 Å². The molecule has 0 bridgehead atoms. The smallest absolute Gasteiger partial charge is 0.283 e. The number of carbonyl (C=O) groups is 2. The van der Waals surface area contributed by atoms with Gasteiger partial charge in [-0.2, -0.15) is 0 Å². The van der Waals surface area contributed by atoms with Gasteiger partial charge in [0.05, 0.1) is 5.56 Å². The van der Waals surface area contributed by atoms with Crippen molar-refractivity contribution in [3.05, 3.63) is 29.6 Å². The number of nitrogen functional groups attached to an aromatic ring is 2. The van der Waals surface area contributed by atoms with Gasteiger partial charge in [-0.1, -0.05) is 0 Å². The van der Waals surface area contributed by atoms with Crippen molar-refractivity contribution in [2.75, 3.05) is 0 Å². The summed E-state index contributed by atoms with van der Waals surface area (Å²) in [6.07, 6.45) is 1.23. The lowest BCUT2D eigenvalue weighted by Crippen LogP contribution is -2.32. The van der Waals surface area contributed by atoms with Crippen LogP contribution in [0.3, 0.4) is 0 Å². The number of rotatable bonds is 2. The van der Waals surface area contributed by atoms with Crippen LogP contribution in [0.2, 0.25) is 0 Å². The molecule has 1 rings (SSSR count). The van der Waals surface area contributed by atoms with Gasteiger partial charge in [-0.25, -0.2) is 11.7 Å². The number of nitrogens with two attached hydrogens (primary N) is 2. The fourth-order valence-corrected chi connectivity index (χ4v) is 0.820. The summed E-state index contributed by atoms with van der Waals surface area (Å²) >= 11 is 0. The van der Waals surface area contributed by atoms with Crippen molar-refractivity contribution in [3.63, 3.8) is 0 Å². The summed E-state index contributed by atoms with van der Waals surface area (Å²) < 4.78 is 0. The summed E-state index contributed by atoms with van der Waals surface area (Å²) in [5.74, 6) is 8.79. The number of pyridine rings is 1. The van der Waals surface area contributed by atoms with E-state index in [2.05, 4.69) is 4.98 Å². The van der Waals surface area contributed by atoms with Crippen molar-refractivity contribution >= 4 is 11.8 Å². The largest absolute Gasteiger partial charge is 0.290 e. The van der Waals surface area contributed by atoms with E-state index in [4.69, 9.17) is 11.7 Å². The first-order valence-corrected chi connectivity index (χ1v) is 3.67. The molecule has 6 N–H and O–H groups in total. The molecule has 0 unspecified atom stereocenters. The minimum atomic E-state index is -0.523. The van der Waals surface area contributed by atoms with Gasteiger partial charge in [0.25, 0.3) is 11.8 Å². The summed E-state index contributed by atoms with van der Waals surface area (Å²) in [5.41, 5.74) is 4.25. The second-order valence-electron chi connectivity index (χ2n) is 2.38.